The summed E-state index contributed by atoms with van der Waals surface area (Å²) in [5.74, 6) is -0.570. The van der Waals surface area contributed by atoms with Crippen LogP contribution in [0.1, 0.15) is 27.7 Å². The molecule has 0 radical (unpaired) electrons. The van der Waals surface area contributed by atoms with Gasteiger partial charge in [-0.25, -0.2) is 14.8 Å². The topological polar surface area (TPSA) is 131 Å². The maximum absolute atomic E-state index is 11.7. The number of aromatic nitrogens is 2. The van der Waals surface area contributed by atoms with Crippen molar-refractivity contribution in [1.82, 2.24) is 9.97 Å². The molecular formula is C27H23IN4O6S. The zero-order valence-corrected chi connectivity index (χ0v) is 23.8. The van der Waals surface area contributed by atoms with E-state index in [0.29, 0.717) is 36.6 Å². The Bertz CT molecular complexity index is 1520. The number of carbonyl (C=O) groups is 1. The molecule has 10 nitrogen and oxygen atoms in total. The Balaban J connectivity index is 1.54. The highest BCUT2D eigenvalue weighted by Crippen LogP contribution is 2.36. The maximum atomic E-state index is 11.7. The molecule has 3 aromatic heterocycles. The normalized spacial score (nSPS) is 13.2. The summed E-state index contributed by atoms with van der Waals surface area (Å²) < 4.78 is 23.4. The van der Waals surface area contributed by atoms with Crippen molar-refractivity contribution in [2.45, 2.75) is 13.5 Å². The minimum atomic E-state index is -1.03. The Morgan fingerprint density at radius 1 is 1.23 bits per heavy atom. The quantitative estimate of drug-likeness (QED) is 0.232. The number of morpholine rings is 1. The van der Waals surface area contributed by atoms with Crippen LogP contribution in [-0.2, 0) is 11.3 Å². The van der Waals surface area contributed by atoms with E-state index in [9.17, 15) is 15.2 Å². The molecule has 4 aromatic rings. The van der Waals surface area contributed by atoms with Gasteiger partial charge in [0.1, 0.15) is 29.3 Å². The van der Waals surface area contributed by atoms with Crippen molar-refractivity contribution in [3.8, 4) is 40.6 Å². The lowest BCUT2D eigenvalue weighted by Crippen LogP contribution is -2.36. The Labute approximate surface area is 241 Å². The number of thiophene rings is 1. The standard InChI is InChI=1S/C27H23IN4O6S/c1-2-36-23-14-30-25(38-23)19-12-21(16-3-5-18(6-4-16)32-7-9-35-10-8-32)31-26(20(19)13-29)37-15-17-11-22(28)39-24(17)27(33)34/h3-6,11-12,14H,2,7-10,15H2,1H3,(H,33,34). The summed E-state index contributed by atoms with van der Waals surface area (Å²) in [5, 5.41) is 19.6. The Hall–Kier alpha value is -3.67. The van der Waals surface area contributed by atoms with Crippen molar-refractivity contribution in [3.05, 3.63) is 61.5 Å². The van der Waals surface area contributed by atoms with Gasteiger partial charge in [-0.2, -0.15) is 5.26 Å². The van der Waals surface area contributed by atoms with Crippen LogP contribution in [0.3, 0.4) is 0 Å². The molecule has 1 aliphatic rings. The molecule has 0 bridgehead atoms. The molecule has 0 unspecified atom stereocenters. The summed E-state index contributed by atoms with van der Waals surface area (Å²) in [7, 11) is 0. The number of aromatic carboxylic acids is 1. The molecule has 0 spiro atoms. The van der Waals surface area contributed by atoms with Crippen LogP contribution in [0.15, 0.2) is 47.0 Å². The fourth-order valence-electron chi connectivity index (χ4n) is 4.14. The number of ether oxygens (including phenoxy) is 3. The molecule has 5 rings (SSSR count). The zero-order chi connectivity index (χ0) is 27.4. The number of hydrogen-bond acceptors (Lipinski definition) is 10. The van der Waals surface area contributed by atoms with Crippen LogP contribution in [0, 0.1) is 14.2 Å². The number of carboxylic acid groups (broad SMARTS) is 1. The van der Waals surface area contributed by atoms with E-state index in [4.69, 9.17) is 18.6 Å². The first-order valence-electron chi connectivity index (χ1n) is 12.1. The number of nitrogens with zero attached hydrogens (tertiary/aromatic N) is 4. The molecule has 200 valence electrons. The van der Waals surface area contributed by atoms with Gasteiger partial charge in [0.05, 0.1) is 34.0 Å². The van der Waals surface area contributed by atoms with Crippen LogP contribution in [0.25, 0.3) is 22.7 Å². The molecule has 0 amide bonds. The van der Waals surface area contributed by atoms with Gasteiger partial charge in [0, 0.05) is 29.9 Å². The molecule has 1 N–H and O–H groups in total. The van der Waals surface area contributed by atoms with Crippen molar-refractivity contribution in [2.24, 2.45) is 0 Å². The summed E-state index contributed by atoms with van der Waals surface area (Å²) in [6, 6.07) is 13.6. The molecule has 1 aromatic carbocycles. The van der Waals surface area contributed by atoms with Gasteiger partial charge in [-0.15, -0.1) is 11.3 Å². The zero-order valence-electron chi connectivity index (χ0n) is 20.8. The van der Waals surface area contributed by atoms with Crippen molar-refractivity contribution >= 4 is 45.6 Å². The molecule has 39 heavy (non-hydrogen) atoms. The van der Waals surface area contributed by atoms with Gasteiger partial charge in [0.15, 0.2) is 0 Å². The highest BCUT2D eigenvalue weighted by atomic mass is 127. The van der Waals surface area contributed by atoms with E-state index in [-0.39, 0.29) is 34.8 Å². The van der Waals surface area contributed by atoms with Crippen LogP contribution < -0.4 is 14.4 Å². The summed E-state index contributed by atoms with van der Waals surface area (Å²) in [4.78, 5) is 23.1. The SMILES string of the molecule is CCOc1cnc(-c2cc(-c3ccc(N4CCOCC4)cc3)nc(OCc3cc(I)sc3C(=O)O)c2C#N)o1. The fourth-order valence-corrected chi connectivity index (χ4v) is 5.91. The Morgan fingerprint density at radius 3 is 2.69 bits per heavy atom. The number of nitriles is 1. The Morgan fingerprint density at radius 2 is 2.00 bits per heavy atom. The first-order chi connectivity index (χ1) is 19.0. The largest absolute Gasteiger partial charge is 0.477 e. The number of pyridine rings is 1. The molecule has 1 aliphatic heterocycles. The number of carboxylic acids is 1. The lowest BCUT2D eigenvalue weighted by Gasteiger charge is -2.28. The van der Waals surface area contributed by atoms with Gasteiger partial charge in [-0.05, 0) is 53.8 Å². The van der Waals surface area contributed by atoms with Gasteiger partial charge < -0.3 is 28.6 Å². The molecule has 1 saturated heterocycles. The number of benzene rings is 1. The number of rotatable bonds is 9. The molecule has 4 heterocycles. The maximum Gasteiger partial charge on any atom is 0.346 e. The Kier molecular flexibility index (Phi) is 8.30. The molecule has 0 aliphatic carbocycles. The third kappa shape index (κ3) is 6.00. The van der Waals surface area contributed by atoms with Crippen LogP contribution in [0.4, 0.5) is 5.69 Å². The van der Waals surface area contributed by atoms with E-state index < -0.39 is 5.97 Å². The summed E-state index contributed by atoms with van der Waals surface area (Å²) >= 11 is 3.23. The van der Waals surface area contributed by atoms with Crippen LogP contribution in [0.5, 0.6) is 11.8 Å². The highest BCUT2D eigenvalue weighted by molar-refractivity contribution is 14.1. The highest BCUT2D eigenvalue weighted by Gasteiger charge is 2.22. The second-order valence-electron chi connectivity index (χ2n) is 8.41. The lowest BCUT2D eigenvalue weighted by atomic mass is 10.0. The first kappa shape index (κ1) is 26.9. The fraction of sp³-hybridized carbons (Fsp3) is 0.259. The van der Waals surface area contributed by atoms with E-state index in [1.807, 2.05) is 31.2 Å². The predicted octanol–water partition coefficient (Wildman–Crippen LogP) is 5.45. The number of anilines is 1. The molecule has 0 atom stereocenters. The molecule has 1 fully saturated rings. The first-order valence-corrected chi connectivity index (χ1v) is 14.0. The predicted molar refractivity (Wildman–Crippen MR) is 152 cm³/mol. The number of halogens is 1. The van der Waals surface area contributed by atoms with Gasteiger partial charge in [-0.1, -0.05) is 12.1 Å². The monoisotopic (exact) mass is 658 g/mol. The summed E-state index contributed by atoms with van der Waals surface area (Å²) in [6.45, 7) is 5.18. The van der Waals surface area contributed by atoms with Crippen molar-refractivity contribution in [2.75, 3.05) is 37.8 Å². The second kappa shape index (κ2) is 12.0. The van der Waals surface area contributed by atoms with Crippen LogP contribution in [-0.4, -0.2) is 54.0 Å². The minimum absolute atomic E-state index is 0.0518. The molecule has 12 heteroatoms. The van der Waals surface area contributed by atoms with E-state index >= 15 is 0 Å². The van der Waals surface area contributed by atoms with Gasteiger partial charge >= 0.3 is 11.9 Å². The van der Waals surface area contributed by atoms with Gasteiger partial charge in [0.2, 0.25) is 11.8 Å². The van der Waals surface area contributed by atoms with Crippen molar-refractivity contribution in [1.29, 1.82) is 5.26 Å². The number of oxazole rings is 1. The number of hydrogen-bond donors (Lipinski definition) is 1. The average Bonchev–Trinajstić information content (AvgIpc) is 3.58. The molecule has 0 saturated carbocycles. The van der Waals surface area contributed by atoms with E-state index in [2.05, 4.69) is 43.5 Å². The lowest BCUT2D eigenvalue weighted by molar-refractivity contribution is 0.0699. The minimum Gasteiger partial charge on any atom is -0.477 e. The second-order valence-corrected chi connectivity index (χ2v) is 11.4. The smallest absolute Gasteiger partial charge is 0.346 e. The average molecular weight is 658 g/mol. The van der Waals surface area contributed by atoms with E-state index in [1.165, 1.54) is 6.20 Å². The third-order valence-electron chi connectivity index (χ3n) is 5.98. The summed E-state index contributed by atoms with van der Waals surface area (Å²) in [5.41, 5.74) is 3.43. The van der Waals surface area contributed by atoms with Gasteiger partial charge in [-0.3, -0.25) is 0 Å². The third-order valence-corrected chi connectivity index (χ3v) is 7.90. The van der Waals surface area contributed by atoms with Crippen molar-refractivity contribution in [3.63, 3.8) is 0 Å². The van der Waals surface area contributed by atoms with Gasteiger partial charge in [0.25, 0.3) is 0 Å². The molecular weight excluding hydrogens is 635 g/mol. The van der Waals surface area contributed by atoms with E-state index in [1.54, 1.807) is 12.1 Å². The van der Waals surface area contributed by atoms with Crippen LogP contribution in [0.2, 0.25) is 0 Å². The van der Waals surface area contributed by atoms with Crippen molar-refractivity contribution < 1.29 is 28.5 Å². The van der Waals surface area contributed by atoms with E-state index in [0.717, 1.165) is 38.6 Å². The summed E-state index contributed by atoms with van der Waals surface area (Å²) in [6.07, 6.45) is 1.45. The van der Waals surface area contributed by atoms with Crippen LogP contribution >= 0.6 is 33.9 Å².